The van der Waals surface area contributed by atoms with E-state index in [4.69, 9.17) is 15.0 Å². The zero-order valence-electron chi connectivity index (χ0n) is 7.84. The molecule has 5 heteroatoms. The van der Waals surface area contributed by atoms with Crippen LogP contribution in [0, 0.1) is 6.07 Å². The Kier molecular flexibility index (Phi) is 7.03. The van der Waals surface area contributed by atoms with Gasteiger partial charge in [0.15, 0.2) is 0 Å². The molecule has 0 saturated carbocycles. The van der Waals surface area contributed by atoms with E-state index in [0.29, 0.717) is 6.47 Å². The number of hydrogen-bond donors (Lipinski definition) is 2. The van der Waals surface area contributed by atoms with Gasteiger partial charge in [-0.15, -0.1) is 17.5 Å². The minimum absolute atomic E-state index is 0. The Balaban J connectivity index is 0.000000443. The molecule has 0 saturated heterocycles. The molecule has 0 spiro atoms. The third kappa shape index (κ3) is 4.46. The third-order valence-corrected chi connectivity index (χ3v) is 1.49. The minimum Gasteiger partial charge on any atom is -0.665 e. The molecule has 1 aromatic carbocycles. The molecule has 0 aliphatic carbocycles. The summed E-state index contributed by atoms with van der Waals surface area (Å²) in [6.45, 7) is 0.500. The van der Waals surface area contributed by atoms with Gasteiger partial charge in [0, 0.05) is 0 Å². The molecule has 1 heterocycles. The molecule has 0 aliphatic rings. The van der Waals surface area contributed by atoms with E-state index in [9.17, 15) is 0 Å². The van der Waals surface area contributed by atoms with Crippen LogP contribution in [0.1, 0.15) is 0 Å². The second kappa shape index (κ2) is 7.45. The Morgan fingerprint density at radius 3 is 2.60 bits per heavy atom. The van der Waals surface area contributed by atoms with E-state index >= 15 is 0 Å². The molecule has 0 fully saturated rings. The first-order chi connectivity index (χ1) is 6.77. The van der Waals surface area contributed by atoms with Crippen molar-refractivity contribution in [1.82, 2.24) is 4.98 Å². The molecule has 0 aliphatic heterocycles. The number of aliphatic hydroxyl groups excluding tert-OH is 1. The van der Waals surface area contributed by atoms with Gasteiger partial charge in [-0.25, -0.2) is 0 Å². The molecular formula is C10H7CaNO3. The van der Waals surface area contributed by atoms with Crippen LogP contribution in [0.4, 0.5) is 0 Å². The van der Waals surface area contributed by atoms with Crippen molar-refractivity contribution in [3.05, 3.63) is 36.5 Å². The summed E-state index contributed by atoms with van der Waals surface area (Å²) in [4.78, 5) is 12.2. The van der Waals surface area contributed by atoms with Crippen molar-refractivity contribution in [2.75, 3.05) is 0 Å². The average molecular weight is 229 g/mol. The van der Waals surface area contributed by atoms with E-state index in [1.54, 1.807) is 0 Å². The SMILES string of the molecule is O=[C-]O.Oc1[c-]c2ccccc2nc1.[Ca+2]. The van der Waals surface area contributed by atoms with Gasteiger partial charge in [0.2, 0.25) is 0 Å². The second-order valence-electron chi connectivity index (χ2n) is 2.38. The maximum atomic E-state index is 9.01. The van der Waals surface area contributed by atoms with Gasteiger partial charge in [-0.3, -0.25) is 0 Å². The average Bonchev–Trinajstić information content (AvgIpc) is 2.19. The van der Waals surface area contributed by atoms with Crippen molar-refractivity contribution in [3.63, 3.8) is 0 Å². The van der Waals surface area contributed by atoms with E-state index in [0.717, 1.165) is 10.9 Å². The first-order valence-corrected chi connectivity index (χ1v) is 3.75. The fourth-order valence-corrected chi connectivity index (χ4v) is 0.993. The molecule has 1 aromatic heterocycles. The first kappa shape index (κ1) is 14.2. The summed E-state index contributed by atoms with van der Waals surface area (Å²) in [5, 5.41) is 16.6. The number of aromatic hydroxyl groups is 1. The normalized spacial score (nSPS) is 8.27. The van der Waals surface area contributed by atoms with Crippen LogP contribution in [0.3, 0.4) is 0 Å². The van der Waals surface area contributed by atoms with Gasteiger partial charge >= 0.3 is 37.7 Å². The van der Waals surface area contributed by atoms with Gasteiger partial charge in [-0.1, -0.05) is 24.7 Å². The van der Waals surface area contributed by atoms with Gasteiger partial charge in [-0.2, -0.15) is 0 Å². The molecule has 2 N–H and O–H groups in total. The molecular weight excluding hydrogens is 222 g/mol. The summed E-state index contributed by atoms with van der Waals surface area (Å²) >= 11 is 0. The Morgan fingerprint density at radius 2 is 1.93 bits per heavy atom. The molecule has 15 heavy (non-hydrogen) atoms. The molecule has 2 rings (SSSR count). The molecule has 0 radical (unpaired) electrons. The summed E-state index contributed by atoms with van der Waals surface area (Å²) < 4.78 is 0. The number of benzene rings is 1. The largest absolute Gasteiger partial charge is 2.00 e. The van der Waals surface area contributed by atoms with Crippen molar-refractivity contribution < 1.29 is 15.0 Å². The van der Waals surface area contributed by atoms with Crippen LogP contribution in [-0.4, -0.2) is 59.4 Å². The summed E-state index contributed by atoms with van der Waals surface area (Å²) in [6, 6.07) is 10.3. The van der Waals surface area contributed by atoms with Gasteiger partial charge in [-0.05, 0) is 11.7 Å². The number of hydrogen-bond acceptors (Lipinski definition) is 3. The van der Waals surface area contributed by atoms with Crippen molar-refractivity contribution >= 4 is 55.1 Å². The summed E-state index contributed by atoms with van der Waals surface area (Å²) in [6.07, 6.45) is 1.39. The molecule has 4 nitrogen and oxygen atoms in total. The maximum absolute atomic E-state index is 9.01. The molecule has 0 atom stereocenters. The van der Waals surface area contributed by atoms with Crippen LogP contribution in [0.2, 0.25) is 0 Å². The minimum atomic E-state index is 0. The number of pyridine rings is 1. The van der Waals surface area contributed by atoms with E-state index in [2.05, 4.69) is 11.1 Å². The van der Waals surface area contributed by atoms with Crippen molar-refractivity contribution in [2.45, 2.75) is 0 Å². The van der Waals surface area contributed by atoms with E-state index < -0.39 is 0 Å². The Bertz CT molecular complexity index is 434. The fourth-order valence-electron chi connectivity index (χ4n) is 0.993. The Hall–Kier alpha value is -0.840. The van der Waals surface area contributed by atoms with Crippen molar-refractivity contribution in [2.24, 2.45) is 0 Å². The van der Waals surface area contributed by atoms with Gasteiger partial charge in [0.1, 0.15) is 0 Å². The van der Waals surface area contributed by atoms with Gasteiger partial charge in [0.25, 0.3) is 0 Å². The molecule has 0 bridgehead atoms. The predicted molar refractivity (Wildman–Crippen MR) is 56.3 cm³/mol. The number of para-hydroxylation sites is 1. The molecule has 0 unspecified atom stereocenters. The number of fused-ring (bicyclic) bond motifs is 1. The zero-order valence-corrected chi connectivity index (χ0v) is 10.1. The second-order valence-corrected chi connectivity index (χ2v) is 2.38. The van der Waals surface area contributed by atoms with Crippen LogP contribution in [-0.2, 0) is 4.79 Å². The molecule has 0 amide bonds. The predicted octanol–water partition coefficient (Wildman–Crippen LogP) is 0.971. The number of aromatic nitrogens is 1. The van der Waals surface area contributed by atoms with Crippen molar-refractivity contribution in [1.29, 1.82) is 0 Å². The fraction of sp³-hybridized carbons (Fsp3) is 0. The van der Waals surface area contributed by atoms with Crippen LogP contribution >= 0.6 is 0 Å². The summed E-state index contributed by atoms with van der Waals surface area (Å²) in [5.41, 5.74) is 0.852. The van der Waals surface area contributed by atoms with Crippen LogP contribution < -0.4 is 0 Å². The first-order valence-electron chi connectivity index (χ1n) is 3.75. The van der Waals surface area contributed by atoms with Gasteiger partial charge < -0.3 is 20.0 Å². The topological polar surface area (TPSA) is 70.4 Å². The Labute approximate surface area is 117 Å². The smallest absolute Gasteiger partial charge is 0.665 e. The monoisotopic (exact) mass is 229 g/mol. The maximum Gasteiger partial charge on any atom is 2.00 e. The summed E-state index contributed by atoms with van der Waals surface area (Å²) in [7, 11) is 0. The zero-order chi connectivity index (χ0) is 10.4. The van der Waals surface area contributed by atoms with Gasteiger partial charge in [0.05, 0.1) is 5.75 Å². The van der Waals surface area contributed by atoms with E-state index in [-0.39, 0.29) is 43.5 Å². The van der Waals surface area contributed by atoms with Crippen LogP contribution in [0.25, 0.3) is 10.9 Å². The van der Waals surface area contributed by atoms with Crippen molar-refractivity contribution in [3.8, 4) is 5.75 Å². The van der Waals surface area contributed by atoms with E-state index in [1.807, 2.05) is 24.3 Å². The van der Waals surface area contributed by atoms with E-state index in [1.165, 1.54) is 6.20 Å². The Morgan fingerprint density at radius 1 is 1.33 bits per heavy atom. The number of nitrogens with zero attached hydrogens (tertiary/aromatic N) is 1. The van der Waals surface area contributed by atoms with Crippen LogP contribution in [0.15, 0.2) is 30.5 Å². The molecule has 72 valence electrons. The van der Waals surface area contributed by atoms with Crippen LogP contribution in [0.5, 0.6) is 5.75 Å². The molecule has 2 aromatic rings. The summed E-state index contributed by atoms with van der Waals surface area (Å²) in [5.74, 6) is 0.0868. The standard InChI is InChI=1S/C9H6NO.CHO2.Ca/c11-8-5-7-3-1-2-4-9(7)10-6-8;2-1-3;/h1-4,6,11H;(H,2,3);/q2*-1;+2. The third-order valence-electron chi connectivity index (χ3n) is 1.49. The number of rotatable bonds is 0. The quantitative estimate of drug-likeness (QED) is 0.521.